The molecule has 0 saturated carbocycles. The second-order valence-corrected chi connectivity index (χ2v) is 3.01. The molecule has 0 spiro atoms. The molecule has 5 heteroatoms. The van der Waals surface area contributed by atoms with Crippen molar-refractivity contribution in [2.75, 3.05) is 7.11 Å². The van der Waals surface area contributed by atoms with Gasteiger partial charge in [0.1, 0.15) is 5.75 Å². The van der Waals surface area contributed by atoms with Gasteiger partial charge in [-0.15, -0.1) is 0 Å². The van der Waals surface area contributed by atoms with Crippen LogP contribution in [0.1, 0.15) is 12.0 Å². The Morgan fingerprint density at radius 2 is 2.06 bits per heavy atom. The molecule has 0 unspecified atom stereocenters. The Morgan fingerprint density at radius 1 is 1.44 bits per heavy atom. The zero-order valence-electron chi connectivity index (χ0n) is 8.54. The number of aliphatic carboxylic acids is 1. The molecule has 0 heterocycles. The Bertz CT molecular complexity index is 427. The van der Waals surface area contributed by atoms with Gasteiger partial charge < -0.3 is 9.84 Å². The molecule has 0 aliphatic heterocycles. The second-order valence-electron chi connectivity index (χ2n) is 3.01. The van der Waals surface area contributed by atoms with E-state index in [0.717, 1.165) is 12.1 Å². The number of halogens is 2. The van der Waals surface area contributed by atoms with E-state index in [1.54, 1.807) is 0 Å². The molecular formula is C11H10F2O3. The standard InChI is InChI=1S/C11H10F2O3/c1-16-10-6-9(13)8(12)5-7(10)3-2-4-11(14)15/h2-3,5-6H,4H2,1H3,(H,14,15). The van der Waals surface area contributed by atoms with Crippen molar-refractivity contribution in [3.63, 3.8) is 0 Å². The van der Waals surface area contributed by atoms with Gasteiger partial charge in [-0.25, -0.2) is 8.78 Å². The molecule has 3 nitrogen and oxygen atoms in total. The van der Waals surface area contributed by atoms with Gasteiger partial charge in [0.2, 0.25) is 0 Å². The summed E-state index contributed by atoms with van der Waals surface area (Å²) >= 11 is 0. The van der Waals surface area contributed by atoms with E-state index in [0.29, 0.717) is 5.56 Å². The van der Waals surface area contributed by atoms with Crippen LogP contribution in [-0.2, 0) is 4.79 Å². The maximum Gasteiger partial charge on any atom is 0.307 e. The summed E-state index contributed by atoms with van der Waals surface area (Å²) in [7, 11) is 1.32. The molecule has 1 aromatic carbocycles. The Labute approximate surface area is 91.0 Å². The average molecular weight is 228 g/mol. The first kappa shape index (κ1) is 12.2. The minimum absolute atomic E-state index is 0.153. The second kappa shape index (κ2) is 5.25. The van der Waals surface area contributed by atoms with Crippen molar-refractivity contribution in [1.82, 2.24) is 0 Å². The van der Waals surface area contributed by atoms with Gasteiger partial charge in [-0.3, -0.25) is 4.79 Å². The van der Waals surface area contributed by atoms with E-state index in [1.165, 1.54) is 19.3 Å². The predicted molar refractivity (Wildman–Crippen MR) is 54.2 cm³/mol. The summed E-state index contributed by atoms with van der Waals surface area (Å²) in [5.74, 6) is -2.86. The highest BCUT2D eigenvalue weighted by Gasteiger charge is 2.08. The smallest absolute Gasteiger partial charge is 0.307 e. The Balaban J connectivity index is 2.98. The van der Waals surface area contributed by atoms with E-state index in [9.17, 15) is 13.6 Å². The van der Waals surface area contributed by atoms with E-state index in [-0.39, 0.29) is 12.2 Å². The summed E-state index contributed by atoms with van der Waals surface area (Å²) in [4.78, 5) is 10.2. The summed E-state index contributed by atoms with van der Waals surface area (Å²) in [6.45, 7) is 0. The Morgan fingerprint density at radius 3 is 2.62 bits per heavy atom. The summed E-state index contributed by atoms with van der Waals surface area (Å²) in [6, 6.07) is 1.86. The number of benzene rings is 1. The number of hydrogen-bond acceptors (Lipinski definition) is 2. The third-order valence-electron chi connectivity index (χ3n) is 1.86. The minimum atomic E-state index is -1.01. The third kappa shape index (κ3) is 3.05. The molecule has 1 aromatic rings. The summed E-state index contributed by atoms with van der Waals surface area (Å²) in [6.07, 6.45) is 2.51. The van der Waals surface area contributed by atoms with Crippen LogP contribution in [0.3, 0.4) is 0 Å². The van der Waals surface area contributed by atoms with Gasteiger partial charge in [-0.2, -0.15) is 0 Å². The number of carbonyl (C=O) groups is 1. The van der Waals surface area contributed by atoms with Crippen LogP contribution in [-0.4, -0.2) is 18.2 Å². The zero-order valence-corrected chi connectivity index (χ0v) is 8.54. The van der Waals surface area contributed by atoms with Gasteiger partial charge in [-0.1, -0.05) is 12.2 Å². The van der Waals surface area contributed by atoms with Crippen LogP contribution in [0, 0.1) is 11.6 Å². The van der Waals surface area contributed by atoms with Crippen molar-refractivity contribution in [2.45, 2.75) is 6.42 Å². The van der Waals surface area contributed by atoms with Crippen molar-refractivity contribution in [1.29, 1.82) is 0 Å². The predicted octanol–water partition coefficient (Wildman–Crippen LogP) is 2.46. The fraction of sp³-hybridized carbons (Fsp3) is 0.182. The van der Waals surface area contributed by atoms with E-state index < -0.39 is 17.6 Å². The van der Waals surface area contributed by atoms with Crippen LogP contribution in [0.15, 0.2) is 18.2 Å². The number of methoxy groups -OCH3 is 1. The number of rotatable bonds is 4. The largest absolute Gasteiger partial charge is 0.496 e. The van der Waals surface area contributed by atoms with Gasteiger partial charge in [-0.05, 0) is 6.07 Å². The molecule has 86 valence electrons. The van der Waals surface area contributed by atoms with Gasteiger partial charge in [0.15, 0.2) is 11.6 Å². The molecule has 1 N–H and O–H groups in total. The lowest BCUT2D eigenvalue weighted by Gasteiger charge is -2.05. The molecule has 0 aliphatic rings. The monoisotopic (exact) mass is 228 g/mol. The highest BCUT2D eigenvalue weighted by Crippen LogP contribution is 2.23. The normalized spacial score (nSPS) is 10.7. The van der Waals surface area contributed by atoms with Crippen molar-refractivity contribution in [3.05, 3.63) is 35.4 Å². The maximum atomic E-state index is 12.9. The molecule has 0 amide bonds. The quantitative estimate of drug-likeness (QED) is 0.861. The van der Waals surface area contributed by atoms with E-state index in [1.807, 2.05) is 0 Å². The average Bonchev–Trinajstić information content (AvgIpc) is 2.22. The van der Waals surface area contributed by atoms with Crippen molar-refractivity contribution in [3.8, 4) is 5.75 Å². The van der Waals surface area contributed by atoms with Gasteiger partial charge in [0, 0.05) is 11.6 Å². The number of hydrogen-bond donors (Lipinski definition) is 1. The lowest BCUT2D eigenvalue weighted by atomic mass is 10.1. The van der Waals surface area contributed by atoms with Gasteiger partial charge >= 0.3 is 5.97 Å². The molecule has 16 heavy (non-hydrogen) atoms. The van der Waals surface area contributed by atoms with Crippen LogP contribution in [0.4, 0.5) is 8.78 Å². The third-order valence-corrected chi connectivity index (χ3v) is 1.86. The van der Waals surface area contributed by atoms with E-state index >= 15 is 0 Å². The molecule has 0 fully saturated rings. The highest BCUT2D eigenvalue weighted by atomic mass is 19.2. The fourth-order valence-electron chi connectivity index (χ4n) is 1.14. The van der Waals surface area contributed by atoms with Crippen LogP contribution >= 0.6 is 0 Å². The number of carboxylic acid groups (broad SMARTS) is 1. The first-order chi connectivity index (χ1) is 7.54. The van der Waals surface area contributed by atoms with Crippen LogP contribution < -0.4 is 4.74 Å². The molecule has 0 atom stereocenters. The van der Waals surface area contributed by atoms with Crippen LogP contribution in [0.25, 0.3) is 6.08 Å². The van der Waals surface area contributed by atoms with E-state index in [2.05, 4.69) is 0 Å². The number of ether oxygens (including phenoxy) is 1. The first-order valence-electron chi connectivity index (χ1n) is 4.46. The molecule has 0 aromatic heterocycles. The van der Waals surface area contributed by atoms with Crippen LogP contribution in [0.2, 0.25) is 0 Å². The number of carboxylic acids is 1. The van der Waals surface area contributed by atoms with Crippen molar-refractivity contribution >= 4 is 12.0 Å². The highest BCUT2D eigenvalue weighted by molar-refractivity contribution is 5.71. The topological polar surface area (TPSA) is 46.5 Å². The molecule has 0 aliphatic carbocycles. The summed E-state index contributed by atoms with van der Waals surface area (Å²) in [5, 5.41) is 8.40. The van der Waals surface area contributed by atoms with Crippen molar-refractivity contribution < 1.29 is 23.4 Å². The maximum absolute atomic E-state index is 12.9. The zero-order chi connectivity index (χ0) is 12.1. The first-order valence-corrected chi connectivity index (χ1v) is 4.46. The van der Waals surface area contributed by atoms with Crippen molar-refractivity contribution in [2.24, 2.45) is 0 Å². The van der Waals surface area contributed by atoms with Gasteiger partial charge in [0.25, 0.3) is 0 Å². The summed E-state index contributed by atoms with van der Waals surface area (Å²) < 4.78 is 30.6. The minimum Gasteiger partial charge on any atom is -0.496 e. The molecule has 0 bridgehead atoms. The molecule has 1 rings (SSSR count). The Kier molecular flexibility index (Phi) is 3.99. The molecular weight excluding hydrogens is 218 g/mol. The van der Waals surface area contributed by atoms with Crippen LogP contribution in [0.5, 0.6) is 5.75 Å². The fourth-order valence-corrected chi connectivity index (χ4v) is 1.14. The molecule has 0 radical (unpaired) electrons. The van der Waals surface area contributed by atoms with E-state index in [4.69, 9.17) is 9.84 Å². The summed E-state index contributed by atoms with van der Waals surface area (Å²) in [5.41, 5.74) is 0.294. The SMILES string of the molecule is COc1cc(F)c(F)cc1C=CCC(=O)O. The van der Waals surface area contributed by atoms with Gasteiger partial charge in [0.05, 0.1) is 13.5 Å². The Hall–Kier alpha value is -1.91. The molecule has 0 saturated heterocycles. The lowest BCUT2D eigenvalue weighted by molar-refractivity contribution is -0.135. The lowest BCUT2D eigenvalue weighted by Crippen LogP contribution is -1.93.